The minimum Gasteiger partial charge on any atom is -0.369 e. The average molecular weight is 143 g/mol. The van der Waals surface area contributed by atoms with E-state index in [1.54, 1.807) is 7.11 Å². The number of methoxy groups -OCH3 is 1. The second-order valence-corrected chi connectivity index (χ2v) is 2.95. The van der Waals surface area contributed by atoms with Crippen LogP contribution in [0, 0.1) is 0 Å². The Hall–Kier alpha value is -0.0800. The zero-order valence-electron chi connectivity index (χ0n) is 6.81. The van der Waals surface area contributed by atoms with E-state index in [1.807, 2.05) is 0 Å². The molecule has 2 heteroatoms. The van der Waals surface area contributed by atoms with Crippen molar-refractivity contribution in [2.45, 2.75) is 25.7 Å². The van der Waals surface area contributed by atoms with E-state index in [9.17, 15) is 0 Å². The molecule has 0 unspecified atom stereocenters. The van der Waals surface area contributed by atoms with Gasteiger partial charge in [-0.05, 0) is 12.8 Å². The number of rotatable bonds is 2. The molecule has 0 saturated carbocycles. The molecule has 1 saturated heterocycles. The molecule has 0 atom stereocenters. The Bertz CT molecular complexity index is 77.3. The van der Waals surface area contributed by atoms with Crippen LogP contribution in [-0.4, -0.2) is 31.8 Å². The lowest BCUT2D eigenvalue weighted by Gasteiger charge is -2.17. The van der Waals surface area contributed by atoms with Gasteiger partial charge in [0.25, 0.3) is 0 Å². The summed E-state index contributed by atoms with van der Waals surface area (Å²) in [6.07, 6.45) is 5.51. The fraction of sp³-hybridized carbons (Fsp3) is 1.00. The Kier molecular flexibility index (Phi) is 3.76. The summed E-state index contributed by atoms with van der Waals surface area (Å²) in [5.74, 6) is 0. The largest absolute Gasteiger partial charge is 0.369 e. The molecule has 0 spiro atoms. The van der Waals surface area contributed by atoms with Crippen molar-refractivity contribution in [3.63, 3.8) is 0 Å². The van der Waals surface area contributed by atoms with Crippen molar-refractivity contribution in [2.75, 3.05) is 26.9 Å². The predicted octanol–water partition coefficient (Wildman–Crippen LogP) is 1.47. The van der Waals surface area contributed by atoms with Crippen LogP contribution in [0.5, 0.6) is 0 Å². The molecular formula is C8H17NO. The van der Waals surface area contributed by atoms with E-state index in [1.165, 1.54) is 38.8 Å². The van der Waals surface area contributed by atoms with E-state index in [0.717, 1.165) is 6.73 Å². The van der Waals surface area contributed by atoms with Gasteiger partial charge in [0, 0.05) is 20.2 Å². The van der Waals surface area contributed by atoms with Gasteiger partial charge >= 0.3 is 0 Å². The summed E-state index contributed by atoms with van der Waals surface area (Å²) in [5, 5.41) is 0. The highest BCUT2D eigenvalue weighted by molar-refractivity contribution is 4.59. The molecule has 1 aliphatic heterocycles. The first kappa shape index (κ1) is 8.02. The summed E-state index contributed by atoms with van der Waals surface area (Å²) in [4.78, 5) is 2.38. The Labute approximate surface area is 63.2 Å². The molecule has 1 heterocycles. The molecule has 0 aliphatic carbocycles. The molecule has 1 aliphatic rings. The fourth-order valence-corrected chi connectivity index (χ4v) is 1.45. The first-order valence-electron chi connectivity index (χ1n) is 4.15. The number of ether oxygens (including phenoxy) is 1. The molecule has 1 rings (SSSR count). The maximum Gasteiger partial charge on any atom is 0.0986 e. The second kappa shape index (κ2) is 4.69. The maximum absolute atomic E-state index is 5.06. The quantitative estimate of drug-likeness (QED) is 0.580. The van der Waals surface area contributed by atoms with Gasteiger partial charge in [-0.25, -0.2) is 0 Å². The van der Waals surface area contributed by atoms with E-state index in [-0.39, 0.29) is 0 Å². The van der Waals surface area contributed by atoms with Crippen LogP contribution in [-0.2, 0) is 4.74 Å². The van der Waals surface area contributed by atoms with Crippen molar-refractivity contribution in [2.24, 2.45) is 0 Å². The lowest BCUT2D eigenvalue weighted by atomic mass is 10.2. The monoisotopic (exact) mass is 143 g/mol. The number of likely N-dealkylation sites (tertiary alicyclic amines) is 1. The Morgan fingerprint density at radius 1 is 1.10 bits per heavy atom. The van der Waals surface area contributed by atoms with E-state index in [4.69, 9.17) is 4.74 Å². The molecule has 0 aromatic heterocycles. The molecule has 10 heavy (non-hydrogen) atoms. The van der Waals surface area contributed by atoms with Gasteiger partial charge < -0.3 is 4.74 Å². The van der Waals surface area contributed by atoms with Gasteiger partial charge in [0.05, 0.1) is 6.73 Å². The van der Waals surface area contributed by atoms with Crippen molar-refractivity contribution >= 4 is 0 Å². The van der Waals surface area contributed by atoms with Crippen molar-refractivity contribution in [1.82, 2.24) is 4.90 Å². The maximum atomic E-state index is 5.06. The molecule has 0 amide bonds. The fourth-order valence-electron chi connectivity index (χ4n) is 1.45. The third kappa shape index (κ3) is 2.67. The summed E-state index contributed by atoms with van der Waals surface area (Å²) >= 11 is 0. The average Bonchev–Trinajstić information content (AvgIpc) is 2.17. The minimum atomic E-state index is 0.819. The molecule has 2 nitrogen and oxygen atoms in total. The van der Waals surface area contributed by atoms with Gasteiger partial charge in [-0.2, -0.15) is 0 Å². The Morgan fingerprint density at radius 3 is 2.20 bits per heavy atom. The Morgan fingerprint density at radius 2 is 1.70 bits per heavy atom. The topological polar surface area (TPSA) is 12.5 Å². The molecule has 0 bridgehead atoms. The standard InChI is InChI=1S/C8H17NO/c1-10-8-9-6-4-2-3-5-7-9/h2-8H2,1H3. The van der Waals surface area contributed by atoms with E-state index < -0.39 is 0 Å². The number of nitrogens with zero attached hydrogens (tertiary/aromatic N) is 1. The first-order chi connectivity index (χ1) is 4.93. The van der Waals surface area contributed by atoms with E-state index >= 15 is 0 Å². The van der Waals surface area contributed by atoms with E-state index in [2.05, 4.69) is 4.90 Å². The smallest absolute Gasteiger partial charge is 0.0986 e. The van der Waals surface area contributed by atoms with Crippen LogP contribution < -0.4 is 0 Å². The predicted molar refractivity (Wildman–Crippen MR) is 41.9 cm³/mol. The van der Waals surface area contributed by atoms with Gasteiger partial charge in [0.2, 0.25) is 0 Å². The van der Waals surface area contributed by atoms with Crippen molar-refractivity contribution in [1.29, 1.82) is 0 Å². The highest BCUT2D eigenvalue weighted by Gasteiger charge is 2.06. The lowest BCUT2D eigenvalue weighted by Crippen LogP contribution is -2.26. The second-order valence-electron chi connectivity index (χ2n) is 2.95. The van der Waals surface area contributed by atoms with Crippen LogP contribution >= 0.6 is 0 Å². The molecule has 0 radical (unpaired) electrons. The lowest BCUT2D eigenvalue weighted by molar-refractivity contribution is 0.0659. The van der Waals surface area contributed by atoms with E-state index in [0.29, 0.717) is 0 Å². The van der Waals surface area contributed by atoms with Crippen molar-refractivity contribution in [3.8, 4) is 0 Å². The van der Waals surface area contributed by atoms with Crippen LogP contribution in [0.1, 0.15) is 25.7 Å². The molecular weight excluding hydrogens is 126 g/mol. The zero-order valence-corrected chi connectivity index (χ0v) is 6.81. The summed E-state index contributed by atoms with van der Waals surface area (Å²) < 4.78 is 5.06. The number of hydrogen-bond donors (Lipinski definition) is 0. The van der Waals surface area contributed by atoms with Gasteiger partial charge in [0.1, 0.15) is 0 Å². The summed E-state index contributed by atoms with van der Waals surface area (Å²) in [7, 11) is 1.77. The first-order valence-corrected chi connectivity index (χ1v) is 4.15. The van der Waals surface area contributed by atoms with Crippen LogP contribution in [0.15, 0.2) is 0 Å². The highest BCUT2D eigenvalue weighted by atomic mass is 16.5. The SMILES string of the molecule is COCN1CCCCCC1. The molecule has 1 fully saturated rings. The highest BCUT2D eigenvalue weighted by Crippen LogP contribution is 2.08. The Balaban J connectivity index is 2.15. The van der Waals surface area contributed by atoms with Crippen molar-refractivity contribution < 1.29 is 4.74 Å². The summed E-state index contributed by atoms with van der Waals surface area (Å²) in [5.41, 5.74) is 0. The third-order valence-electron chi connectivity index (χ3n) is 2.01. The number of hydrogen-bond acceptors (Lipinski definition) is 2. The van der Waals surface area contributed by atoms with Crippen LogP contribution in [0.3, 0.4) is 0 Å². The summed E-state index contributed by atoms with van der Waals surface area (Å²) in [6, 6.07) is 0. The van der Waals surface area contributed by atoms with Crippen LogP contribution in [0.25, 0.3) is 0 Å². The zero-order chi connectivity index (χ0) is 7.23. The molecule has 0 aromatic rings. The van der Waals surface area contributed by atoms with Crippen molar-refractivity contribution in [3.05, 3.63) is 0 Å². The van der Waals surface area contributed by atoms with Gasteiger partial charge in [-0.3, -0.25) is 4.90 Å². The third-order valence-corrected chi connectivity index (χ3v) is 2.01. The summed E-state index contributed by atoms with van der Waals surface area (Å²) in [6.45, 7) is 3.28. The molecule has 0 N–H and O–H groups in total. The normalized spacial score (nSPS) is 22.5. The minimum absolute atomic E-state index is 0.819. The van der Waals surface area contributed by atoms with Gasteiger partial charge in [-0.1, -0.05) is 12.8 Å². The molecule has 60 valence electrons. The van der Waals surface area contributed by atoms with Crippen LogP contribution in [0.2, 0.25) is 0 Å². The van der Waals surface area contributed by atoms with Gasteiger partial charge in [-0.15, -0.1) is 0 Å². The molecule has 0 aromatic carbocycles. The van der Waals surface area contributed by atoms with Crippen LogP contribution in [0.4, 0.5) is 0 Å². The van der Waals surface area contributed by atoms with Gasteiger partial charge in [0.15, 0.2) is 0 Å².